The standard InChI is InChI=1S/C14H20N2O4S/c1-14(20,7-12(17)18)9-15-13(19)16(10-4-5-10)8-11-3-2-6-21-11/h2-3,6,10,20H,4-5,7-9H2,1H3,(H,15,19)(H,17,18). The van der Waals surface area contributed by atoms with Crippen LogP contribution in [0.4, 0.5) is 4.79 Å². The second kappa shape index (κ2) is 6.44. The van der Waals surface area contributed by atoms with Gasteiger partial charge in [-0.3, -0.25) is 4.79 Å². The molecule has 1 unspecified atom stereocenters. The first kappa shape index (κ1) is 15.8. The van der Waals surface area contributed by atoms with E-state index in [0.717, 1.165) is 17.7 Å². The predicted molar refractivity (Wildman–Crippen MR) is 79.2 cm³/mol. The van der Waals surface area contributed by atoms with Gasteiger partial charge in [0.05, 0.1) is 18.6 Å². The molecule has 0 aromatic carbocycles. The number of carbonyl (C=O) groups is 2. The van der Waals surface area contributed by atoms with Crippen molar-refractivity contribution in [2.45, 2.75) is 44.4 Å². The van der Waals surface area contributed by atoms with Crippen molar-refractivity contribution in [1.29, 1.82) is 0 Å². The largest absolute Gasteiger partial charge is 0.481 e. The van der Waals surface area contributed by atoms with E-state index in [1.165, 1.54) is 6.92 Å². The van der Waals surface area contributed by atoms with E-state index in [2.05, 4.69) is 5.32 Å². The van der Waals surface area contributed by atoms with Gasteiger partial charge in [0.1, 0.15) is 0 Å². The molecule has 1 atom stereocenters. The number of nitrogens with zero attached hydrogens (tertiary/aromatic N) is 1. The highest BCUT2D eigenvalue weighted by Crippen LogP contribution is 2.29. The molecule has 7 heteroatoms. The predicted octanol–water partition coefficient (Wildman–Crippen LogP) is 1.65. The van der Waals surface area contributed by atoms with Gasteiger partial charge in [0.2, 0.25) is 0 Å². The summed E-state index contributed by atoms with van der Waals surface area (Å²) in [5.41, 5.74) is -1.44. The van der Waals surface area contributed by atoms with Gasteiger partial charge < -0.3 is 20.4 Å². The van der Waals surface area contributed by atoms with Crippen LogP contribution in [0.1, 0.15) is 31.1 Å². The number of thiophene rings is 1. The molecule has 1 aliphatic rings. The minimum atomic E-state index is -1.44. The molecule has 1 aromatic rings. The third kappa shape index (κ3) is 5.02. The Balaban J connectivity index is 1.89. The number of nitrogens with one attached hydrogen (secondary N) is 1. The Kier molecular flexibility index (Phi) is 4.84. The van der Waals surface area contributed by atoms with Crippen LogP contribution in [0.3, 0.4) is 0 Å². The van der Waals surface area contributed by atoms with E-state index in [-0.39, 0.29) is 18.6 Å². The van der Waals surface area contributed by atoms with Gasteiger partial charge in [-0.1, -0.05) is 6.07 Å². The zero-order valence-corrected chi connectivity index (χ0v) is 12.7. The topological polar surface area (TPSA) is 89.9 Å². The van der Waals surface area contributed by atoms with E-state index in [1.54, 1.807) is 16.2 Å². The molecular weight excluding hydrogens is 292 g/mol. The van der Waals surface area contributed by atoms with Crippen molar-refractivity contribution in [3.63, 3.8) is 0 Å². The average Bonchev–Trinajstić information content (AvgIpc) is 3.09. The molecule has 116 valence electrons. The normalized spacial score (nSPS) is 17.0. The maximum Gasteiger partial charge on any atom is 0.318 e. The lowest BCUT2D eigenvalue weighted by atomic mass is 10.0. The van der Waals surface area contributed by atoms with E-state index >= 15 is 0 Å². The van der Waals surface area contributed by atoms with Gasteiger partial charge in [0.15, 0.2) is 0 Å². The van der Waals surface area contributed by atoms with Crippen LogP contribution in [0.5, 0.6) is 0 Å². The molecule has 1 aliphatic carbocycles. The van der Waals surface area contributed by atoms with Crippen molar-refractivity contribution in [3.8, 4) is 0 Å². The zero-order chi connectivity index (χ0) is 15.5. The van der Waals surface area contributed by atoms with Crippen LogP contribution >= 0.6 is 11.3 Å². The lowest BCUT2D eigenvalue weighted by Crippen LogP contribution is -2.47. The maximum atomic E-state index is 12.2. The number of aliphatic carboxylic acids is 1. The van der Waals surface area contributed by atoms with E-state index in [9.17, 15) is 14.7 Å². The smallest absolute Gasteiger partial charge is 0.318 e. The Bertz CT molecular complexity index is 497. The number of carboxylic acids is 1. The fourth-order valence-electron chi connectivity index (χ4n) is 2.08. The molecule has 21 heavy (non-hydrogen) atoms. The van der Waals surface area contributed by atoms with Gasteiger partial charge in [-0.2, -0.15) is 0 Å². The molecule has 0 bridgehead atoms. The highest BCUT2D eigenvalue weighted by molar-refractivity contribution is 7.09. The van der Waals surface area contributed by atoms with Crippen LogP contribution in [-0.2, 0) is 11.3 Å². The molecule has 1 fully saturated rings. The fourth-order valence-corrected chi connectivity index (χ4v) is 2.78. The van der Waals surface area contributed by atoms with Crippen LogP contribution in [-0.4, -0.2) is 45.3 Å². The summed E-state index contributed by atoms with van der Waals surface area (Å²) in [5.74, 6) is -1.09. The van der Waals surface area contributed by atoms with Crippen molar-refractivity contribution in [2.75, 3.05) is 6.54 Å². The second-order valence-electron chi connectivity index (χ2n) is 5.66. The highest BCUT2D eigenvalue weighted by atomic mass is 32.1. The lowest BCUT2D eigenvalue weighted by molar-refractivity contribution is -0.141. The maximum absolute atomic E-state index is 12.2. The summed E-state index contributed by atoms with van der Waals surface area (Å²) in [6, 6.07) is 3.92. The quantitative estimate of drug-likeness (QED) is 0.714. The number of carboxylic acid groups (broad SMARTS) is 1. The lowest BCUT2D eigenvalue weighted by Gasteiger charge is -2.26. The van der Waals surface area contributed by atoms with Crippen molar-refractivity contribution in [3.05, 3.63) is 22.4 Å². The molecular formula is C14H20N2O4S. The van der Waals surface area contributed by atoms with Crippen LogP contribution in [0.25, 0.3) is 0 Å². The Labute approximate surface area is 127 Å². The highest BCUT2D eigenvalue weighted by Gasteiger charge is 2.34. The van der Waals surface area contributed by atoms with E-state index in [4.69, 9.17) is 5.11 Å². The molecule has 6 nitrogen and oxygen atoms in total. The van der Waals surface area contributed by atoms with Gasteiger partial charge in [-0.15, -0.1) is 11.3 Å². The fraction of sp³-hybridized carbons (Fsp3) is 0.571. The van der Waals surface area contributed by atoms with Crippen LogP contribution in [0, 0.1) is 0 Å². The van der Waals surface area contributed by atoms with E-state index in [1.807, 2.05) is 17.5 Å². The number of hydrogen-bond acceptors (Lipinski definition) is 4. The Morgan fingerprint density at radius 3 is 2.76 bits per heavy atom. The number of rotatable bonds is 7. The summed E-state index contributed by atoms with van der Waals surface area (Å²) in [6.07, 6.45) is 1.58. The number of aliphatic hydroxyl groups is 1. The molecule has 2 amide bonds. The molecule has 1 aromatic heterocycles. The summed E-state index contributed by atoms with van der Waals surface area (Å²) in [5, 5.41) is 23.2. The molecule has 0 saturated heterocycles. The minimum Gasteiger partial charge on any atom is -0.481 e. The minimum absolute atomic E-state index is 0.0776. The van der Waals surface area contributed by atoms with E-state index in [0.29, 0.717) is 6.54 Å². The van der Waals surface area contributed by atoms with Crippen molar-refractivity contribution in [1.82, 2.24) is 10.2 Å². The monoisotopic (exact) mass is 312 g/mol. The Morgan fingerprint density at radius 2 is 2.24 bits per heavy atom. The Hall–Kier alpha value is -1.60. The summed E-state index contributed by atoms with van der Waals surface area (Å²) in [7, 11) is 0. The number of urea groups is 1. The summed E-state index contributed by atoms with van der Waals surface area (Å²) in [6.45, 7) is 1.88. The van der Waals surface area contributed by atoms with Crippen LogP contribution < -0.4 is 5.32 Å². The average molecular weight is 312 g/mol. The van der Waals surface area contributed by atoms with Gasteiger partial charge in [0, 0.05) is 17.5 Å². The van der Waals surface area contributed by atoms with E-state index < -0.39 is 18.0 Å². The SMILES string of the molecule is CC(O)(CNC(=O)N(Cc1cccs1)C1CC1)CC(=O)O. The molecule has 1 saturated carbocycles. The van der Waals surface area contributed by atoms with Gasteiger partial charge in [0.25, 0.3) is 0 Å². The summed E-state index contributed by atoms with van der Waals surface area (Å²) < 4.78 is 0. The van der Waals surface area contributed by atoms with Crippen molar-refractivity contribution in [2.24, 2.45) is 0 Å². The van der Waals surface area contributed by atoms with Crippen LogP contribution in [0.15, 0.2) is 17.5 Å². The molecule has 1 heterocycles. The first-order chi connectivity index (χ1) is 9.87. The van der Waals surface area contributed by atoms with Gasteiger partial charge in [-0.25, -0.2) is 4.79 Å². The Morgan fingerprint density at radius 1 is 1.52 bits per heavy atom. The number of carbonyl (C=O) groups excluding carboxylic acids is 1. The van der Waals surface area contributed by atoms with Gasteiger partial charge in [-0.05, 0) is 31.2 Å². The first-order valence-corrected chi connectivity index (χ1v) is 7.76. The molecule has 3 N–H and O–H groups in total. The van der Waals surface area contributed by atoms with Crippen LogP contribution in [0.2, 0.25) is 0 Å². The third-order valence-corrected chi connectivity index (χ3v) is 4.17. The van der Waals surface area contributed by atoms with Gasteiger partial charge >= 0.3 is 12.0 Å². The summed E-state index contributed by atoms with van der Waals surface area (Å²) >= 11 is 1.60. The molecule has 0 radical (unpaired) electrons. The second-order valence-corrected chi connectivity index (χ2v) is 6.70. The molecule has 0 spiro atoms. The molecule has 2 rings (SSSR count). The number of amides is 2. The summed E-state index contributed by atoms with van der Waals surface area (Å²) in [4.78, 5) is 25.7. The zero-order valence-electron chi connectivity index (χ0n) is 11.9. The first-order valence-electron chi connectivity index (χ1n) is 6.88. The van der Waals surface area contributed by atoms with Crippen molar-refractivity contribution >= 4 is 23.3 Å². The van der Waals surface area contributed by atoms with Crippen molar-refractivity contribution < 1.29 is 19.8 Å². The third-order valence-electron chi connectivity index (χ3n) is 3.31. The molecule has 0 aliphatic heterocycles. The number of hydrogen-bond donors (Lipinski definition) is 3.